The molecule has 4 heteroatoms. The van der Waals surface area contributed by atoms with Gasteiger partial charge in [0.25, 0.3) is 0 Å². The van der Waals surface area contributed by atoms with E-state index in [0.29, 0.717) is 0 Å². The molecule has 0 aliphatic heterocycles. The van der Waals surface area contributed by atoms with Crippen LogP contribution in [-0.2, 0) is 18.2 Å². The molecule has 0 bridgehead atoms. The van der Waals surface area contributed by atoms with E-state index in [9.17, 15) is 0 Å². The first-order chi connectivity index (χ1) is 8.40. The number of hydrogen-bond acceptors (Lipinski definition) is 3. The van der Waals surface area contributed by atoms with Gasteiger partial charge in [-0.3, -0.25) is 4.68 Å². The Balaban J connectivity index is 2.83. The van der Waals surface area contributed by atoms with Gasteiger partial charge < -0.3 is 10.1 Å². The standard InChI is InChI=1S/C14H27N3O/c1-7-15-13(14(4,5)18-8-2)10-12-9-11(3)16-17(12)6/h9,13,15H,7-8,10H2,1-6H3. The zero-order valence-electron chi connectivity index (χ0n) is 12.6. The molecule has 0 spiro atoms. The van der Waals surface area contributed by atoms with E-state index >= 15 is 0 Å². The predicted octanol–water partition coefficient (Wildman–Crippen LogP) is 2.06. The molecule has 104 valence electrons. The molecule has 0 aliphatic carbocycles. The summed E-state index contributed by atoms with van der Waals surface area (Å²) in [7, 11) is 2.00. The van der Waals surface area contributed by atoms with Crippen LogP contribution in [0.25, 0.3) is 0 Å². The Bertz CT molecular complexity index is 371. The molecule has 4 nitrogen and oxygen atoms in total. The number of nitrogens with one attached hydrogen (secondary N) is 1. The Morgan fingerprint density at radius 2 is 2.11 bits per heavy atom. The van der Waals surface area contributed by atoms with Crippen molar-refractivity contribution in [1.29, 1.82) is 0 Å². The largest absolute Gasteiger partial charge is 0.374 e. The highest BCUT2D eigenvalue weighted by Gasteiger charge is 2.30. The van der Waals surface area contributed by atoms with Crippen molar-refractivity contribution < 1.29 is 4.74 Å². The number of rotatable bonds is 7. The lowest BCUT2D eigenvalue weighted by Gasteiger charge is -2.34. The van der Waals surface area contributed by atoms with Crippen LogP contribution in [0, 0.1) is 6.92 Å². The summed E-state index contributed by atoms with van der Waals surface area (Å²) in [6.45, 7) is 12.2. The molecular formula is C14H27N3O. The molecule has 1 aromatic heterocycles. The fraction of sp³-hybridized carbons (Fsp3) is 0.786. The molecule has 0 fully saturated rings. The Kier molecular flexibility index (Phi) is 5.35. The Labute approximate surface area is 111 Å². The smallest absolute Gasteiger partial charge is 0.0782 e. The van der Waals surface area contributed by atoms with E-state index in [1.807, 2.05) is 25.6 Å². The second-order valence-corrected chi connectivity index (χ2v) is 5.25. The van der Waals surface area contributed by atoms with Crippen molar-refractivity contribution in [3.63, 3.8) is 0 Å². The number of ether oxygens (including phenoxy) is 1. The third-order valence-corrected chi connectivity index (χ3v) is 3.32. The average Bonchev–Trinajstić information content (AvgIpc) is 2.56. The summed E-state index contributed by atoms with van der Waals surface area (Å²) in [6.07, 6.45) is 0.929. The minimum absolute atomic E-state index is 0.178. The van der Waals surface area contributed by atoms with Crippen LogP contribution in [0.2, 0.25) is 0 Å². The molecule has 18 heavy (non-hydrogen) atoms. The number of hydrogen-bond donors (Lipinski definition) is 1. The van der Waals surface area contributed by atoms with Crippen LogP contribution in [-0.4, -0.2) is 34.6 Å². The first-order valence-electron chi connectivity index (χ1n) is 6.77. The molecule has 0 aliphatic rings. The van der Waals surface area contributed by atoms with Gasteiger partial charge in [-0.15, -0.1) is 0 Å². The van der Waals surface area contributed by atoms with Gasteiger partial charge in [0.2, 0.25) is 0 Å². The maximum Gasteiger partial charge on any atom is 0.0782 e. The quantitative estimate of drug-likeness (QED) is 0.808. The topological polar surface area (TPSA) is 39.1 Å². The van der Waals surface area contributed by atoms with E-state index in [4.69, 9.17) is 4.74 Å². The van der Waals surface area contributed by atoms with Crippen LogP contribution in [0.1, 0.15) is 39.1 Å². The molecule has 1 heterocycles. The SMILES string of the molecule is CCNC(Cc1cc(C)nn1C)C(C)(C)OCC. The summed E-state index contributed by atoms with van der Waals surface area (Å²) in [5, 5.41) is 7.93. The second-order valence-electron chi connectivity index (χ2n) is 5.25. The van der Waals surface area contributed by atoms with Crippen LogP contribution in [0.4, 0.5) is 0 Å². The molecule has 0 saturated heterocycles. The minimum atomic E-state index is -0.178. The van der Waals surface area contributed by atoms with Crippen molar-refractivity contribution >= 4 is 0 Å². The lowest BCUT2D eigenvalue weighted by molar-refractivity contribution is -0.0380. The van der Waals surface area contributed by atoms with Crippen LogP contribution >= 0.6 is 0 Å². The van der Waals surface area contributed by atoms with Gasteiger partial charge in [0, 0.05) is 31.8 Å². The third kappa shape index (κ3) is 3.82. The van der Waals surface area contributed by atoms with Crippen molar-refractivity contribution in [2.45, 2.75) is 52.7 Å². The first kappa shape index (κ1) is 15.2. The van der Waals surface area contributed by atoms with Gasteiger partial charge in [-0.2, -0.15) is 5.10 Å². The lowest BCUT2D eigenvalue weighted by atomic mass is 9.94. The van der Waals surface area contributed by atoms with Crippen molar-refractivity contribution in [2.75, 3.05) is 13.2 Å². The van der Waals surface area contributed by atoms with E-state index in [-0.39, 0.29) is 11.6 Å². The van der Waals surface area contributed by atoms with Crippen molar-refractivity contribution in [3.05, 3.63) is 17.5 Å². The highest BCUT2D eigenvalue weighted by molar-refractivity contribution is 5.11. The lowest BCUT2D eigenvalue weighted by Crippen LogP contribution is -2.50. The zero-order chi connectivity index (χ0) is 13.8. The van der Waals surface area contributed by atoms with Gasteiger partial charge >= 0.3 is 0 Å². The fourth-order valence-electron chi connectivity index (χ4n) is 2.35. The van der Waals surface area contributed by atoms with Crippen molar-refractivity contribution in [3.8, 4) is 0 Å². The molecule has 1 atom stereocenters. The highest BCUT2D eigenvalue weighted by atomic mass is 16.5. The maximum atomic E-state index is 5.87. The average molecular weight is 253 g/mol. The van der Waals surface area contributed by atoms with E-state index in [1.54, 1.807) is 0 Å². The highest BCUT2D eigenvalue weighted by Crippen LogP contribution is 2.19. The van der Waals surface area contributed by atoms with Crippen LogP contribution < -0.4 is 5.32 Å². The molecule has 0 saturated carbocycles. The molecule has 1 aromatic rings. The summed E-state index contributed by atoms with van der Waals surface area (Å²) >= 11 is 0. The van der Waals surface area contributed by atoms with Gasteiger partial charge in [-0.25, -0.2) is 0 Å². The number of nitrogens with zero attached hydrogens (tertiary/aromatic N) is 2. The zero-order valence-corrected chi connectivity index (χ0v) is 12.6. The van der Waals surface area contributed by atoms with Gasteiger partial charge in [0.1, 0.15) is 0 Å². The normalized spacial score (nSPS) is 13.9. The summed E-state index contributed by atoms with van der Waals surface area (Å²) in [6, 6.07) is 2.43. The minimum Gasteiger partial charge on any atom is -0.374 e. The van der Waals surface area contributed by atoms with E-state index in [1.165, 1.54) is 5.69 Å². The van der Waals surface area contributed by atoms with Crippen molar-refractivity contribution in [2.24, 2.45) is 7.05 Å². The van der Waals surface area contributed by atoms with Gasteiger partial charge in [0.05, 0.1) is 11.3 Å². The predicted molar refractivity (Wildman–Crippen MR) is 74.8 cm³/mol. The monoisotopic (exact) mass is 253 g/mol. The second kappa shape index (κ2) is 6.34. The summed E-state index contributed by atoms with van der Waals surface area (Å²) in [5.74, 6) is 0. The molecule has 0 aromatic carbocycles. The third-order valence-electron chi connectivity index (χ3n) is 3.32. The van der Waals surface area contributed by atoms with Crippen LogP contribution in [0.5, 0.6) is 0 Å². The number of aromatic nitrogens is 2. The molecule has 1 N–H and O–H groups in total. The summed E-state index contributed by atoms with van der Waals surface area (Å²) in [5.41, 5.74) is 2.13. The Morgan fingerprint density at radius 1 is 1.44 bits per heavy atom. The van der Waals surface area contributed by atoms with Gasteiger partial charge in [0.15, 0.2) is 0 Å². The molecule has 0 radical (unpaired) electrons. The number of likely N-dealkylation sites (N-methyl/N-ethyl adjacent to an activating group) is 1. The number of aryl methyl sites for hydroxylation is 2. The Morgan fingerprint density at radius 3 is 2.56 bits per heavy atom. The van der Waals surface area contributed by atoms with E-state index in [2.05, 4.69) is 37.3 Å². The molecule has 0 amide bonds. The van der Waals surface area contributed by atoms with Gasteiger partial charge in [-0.05, 0) is 40.3 Å². The maximum absolute atomic E-state index is 5.87. The molecule has 1 unspecified atom stereocenters. The summed E-state index contributed by atoms with van der Waals surface area (Å²) in [4.78, 5) is 0. The van der Waals surface area contributed by atoms with Crippen LogP contribution in [0.15, 0.2) is 6.07 Å². The molecular weight excluding hydrogens is 226 g/mol. The molecule has 1 rings (SSSR count). The van der Waals surface area contributed by atoms with Gasteiger partial charge in [-0.1, -0.05) is 6.92 Å². The van der Waals surface area contributed by atoms with E-state index < -0.39 is 0 Å². The van der Waals surface area contributed by atoms with Crippen molar-refractivity contribution in [1.82, 2.24) is 15.1 Å². The summed E-state index contributed by atoms with van der Waals surface area (Å²) < 4.78 is 7.83. The first-order valence-corrected chi connectivity index (χ1v) is 6.77. The van der Waals surface area contributed by atoms with E-state index in [0.717, 1.165) is 25.3 Å². The van der Waals surface area contributed by atoms with Crippen LogP contribution in [0.3, 0.4) is 0 Å². The fourth-order valence-corrected chi connectivity index (χ4v) is 2.35. The Hall–Kier alpha value is -0.870.